The zero-order chi connectivity index (χ0) is 17.3. The minimum atomic E-state index is -3.25. The summed E-state index contributed by atoms with van der Waals surface area (Å²) in [7, 11) is -3.25. The molecule has 0 radical (unpaired) electrons. The van der Waals surface area contributed by atoms with Gasteiger partial charge in [-0.25, -0.2) is 13.4 Å². The summed E-state index contributed by atoms with van der Waals surface area (Å²) in [5, 5.41) is 17.3. The molecular formula is C13H11N3O4S4. The number of sulfone groups is 1. The SMILES string of the molecule is CS(=O)(=O)c1ccc2nc(Sc3nnc(CCC(=O)O)s3)sc2c1. The van der Waals surface area contributed by atoms with Gasteiger partial charge < -0.3 is 5.11 Å². The lowest BCUT2D eigenvalue weighted by atomic mass is 10.3. The number of aliphatic carboxylic acids is 1. The molecule has 3 aromatic rings. The Morgan fingerprint density at radius 3 is 2.75 bits per heavy atom. The Morgan fingerprint density at radius 2 is 2.04 bits per heavy atom. The Labute approximate surface area is 149 Å². The van der Waals surface area contributed by atoms with Gasteiger partial charge in [0.15, 0.2) is 18.5 Å². The van der Waals surface area contributed by atoms with Crippen LogP contribution in [0.15, 0.2) is 31.8 Å². The van der Waals surface area contributed by atoms with Crippen molar-refractivity contribution in [1.82, 2.24) is 15.2 Å². The van der Waals surface area contributed by atoms with Gasteiger partial charge in [0.25, 0.3) is 0 Å². The largest absolute Gasteiger partial charge is 0.481 e. The second-order valence-electron chi connectivity index (χ2n) is 4.84. The maximum Gasteiger partial charge on any atom is 0.303 e. The predicted molar refractivity (Wildman–Crippen MR) is 92.7 cm³/mol. The number of aromatic nitrogens is 3. The summed E-state index contributed by atoms with van der Waals surface area (Å²) in [5.41, 5.74) is 0.727. The van der Waals surface area contributed by atoms with E-state index >= 15 is 0 Å². The van der Waals surface area contributed by atoms with E-state index in [1.807, 2.05) is 0 Å². The molecule has 24 heavy (non-hydrogen) atoms. The third-order valence-corrected chi connectivity index (χ3v) is 7.17. The Kier molecular flexibility index (Phi) is 4.85. The molecule has 0 saturated carbocycles. The van der Waals surface area contributed by atoms with E-state index in [1.54, 1.807) is 18.2 Å². The molecular weight excluding hydrogens is 390 g/mol. The van der Waals surface area contributed by atoms with Gasteiger partial charge in [0, 0.05) is 12.7 Å². The highest BCUT2D eigenvalue weighted by atomic mass is 32.2. The molecule has 0 spiro atoms. The minimum Gasteiger partial charge on any atom is -0.481 e. The molecule has 0 amide bonds. The average Bonchev–Trinajstić information content (AvgIpc) is 3.09. The van der Waals surface area contributed by atoms with Gasteiger partial charge in [0.05, 0.1) is 21.5 Å². The highest BCUT2D eigenvalue weighted by Crippen LogP contribution is 2.36. The van der Waals surface area contributed by atoms with Crippen LogP contribution in [0.4, 0.5) is 0 Å². The highest BCUT2D eigenvalue weighted by molar-refractivity contribution is 8.02. The fraction of sp³-hybridized carbons (Fsp3) is 0.231. The Morgan fingerprint density at radius 1 is 1.25 bits per heavy atom. The van der Waals surface area contributed by atoms with E-state index in [0.29, 0.717) is 15.8 Å². The molecule has 7 nitrogen and oxygen atoms in total. The van der Waals surface area contributed by atoms with Crippen LogP contribution in [-0.4, -0.2) is 40.9 Å². The van der Waals surface area contributed by atoms with Crippen molar-refractivity contribution >= 4 is 60.5 Å². The van der Waals surface area contributed by atoms with Crippen molar-refractivity contribution in [3.05, 3.63) is 23.2 Å². The summed E-state index contributed by atoms with van der Waals surface area (Å²) in [6.45, 7) is 0. The zero-order valence-electron chi connectivity index (χ0n) is 12.3. The van der Waals surface area contributed by atoms with Crippen molar-refractivity contribution < 1.29 is 18.3 Å². The molecule has 0 unspecified atom stereocenters. The topological polar surface area (TPSA) is 110 Å². The number of hydrogen-bond donors (Lipinski definition) is 1. The van der Waals surface area contributed by atoms with Crippen LogP contribution in [0.3, 0.4) is 0 Å². The van der Waals surface area contributed by atoms with Crippen molar-refractivity contribution in [2.75, 3.05) is 6.26 Å². The summed E-state index contributed by atoms with van der Waals surface area (Å²) in [4.78, 5) is 15.3. The molecule has 3 rings (SSSR count). The third-order valence-electron chi connectivity index (χ3n) is 2.94. The van der Waals surface area contributed by atoms with Crippen molar-refractivity contribution in [1.29, 1.82) is 0 Å². The lowest BCUT2D eigenvalue weighted by Gasteiger charge is -1.96. The molecule has 0 fully saturated rings. The number of hydrogen-bond acceptors (Lipinski definition) is 9. The zero-order valence-corrected chi connectivity index (χ0v) is 15.6. The summed E-state index contributed by atoms with van der Waals surface area (Å²) in [6.07, 6.45) is 1.55. The van der Waals surface area contributed by atoms with E-state index in [2.05, 4.69) is 15.2 Å². The second kappa shape index (κ2) is 6.75. The van der Waals surface area contributed by atoms with E-state index < -0.39 is 15.8 Å². The van der Waals surface area contributed by atoms with Crippen molar-refractivity contribution in [2.45, 2.75) is 26.4 Å². The van der Waals surface area contributed by atoms with E-state index in [0.717, 1.165) is 14.6 Å². The van der Waals surface area contributed by atoms with E-state index in [1.165, 1.54) is 40.7 Å². The number of benzene rings is 1. The number of fused-ring (bicyclic) bond motifs is 1. The quantitative estimate of drug-likeness (QED) is 0.671. The first-order valence-corrected chi connectivity index (χ1v) is 11.0. The monoisotopic (exact) mass is 401 g/mol. The molecule has 0 aliphatic carbocycles. The Hall–Kier alpha value is -1.56. The molecule has 1 N–H and O–H groups in total. The molecule has 126 valence electrons. The molecule has 1 aromatic carbocycles. The first-order valence-electron chi connectivity index (χ1n) is 6.64. The van der Waals surface area contributed by atoms with Gasteiger partial charge >= 0.3 is 5.97 Å². The van der Waals surface area contributed by atoms with E-state index in [4.69, 9.17) is 5.11 Å². The number of nitrogens with zero attached hydrogens (tertiary/aromatic N) is 3. The first-order chi connectivity index (χ1) is 11.3. The number of thiazole rings is 1. The number of carbonyl (C=O) groups is 1. The first kappa shape index (κ1) is 17.3. The number of carboxylic acid groups (broad SMARTS) is 1. The van der Waals surface area contributed by atoms with Gasteiger partial charge in [0.2, 0.25) is 0 Å². The molecule has 0 bridgehead atoms. The van der Waals surface area contributed by atoms with Crippen LogP contribution in [-0.2, 0) is 21.1 Å². The van der Waals surface area contributed by atoms with Crippen LogP contribution in [0.25, 0.3) is 10.2 Å². The molecule has 2 heterocycles. The normalized spacial score (nSPS) is 11.9. The molecule has 0 aliphatic rings. The number of carboxylic acids is 1. The Balaban J connectivity index is 1.79. The molecule has 0 saturated heterocycles. The smallest absolute Gasteiger partial charge is 0.303 e. The summed E-state index contributed by atoms with van der Waals surface area (Å²) >= 11 is 4.05. The summed E-state index contributed by atoms with van der Waals surface area (Å²) in [6, 6.07) is 4.84. The lowest BCUT2D eigenvalue weighted by Crippen LogP contribution is -1.96. The van der Waals surface area contributed by atoms with Crippen LogP contribution in [0, 0.1) is 0 Å². The second-order valence-corrected chi connectivity index (χ2v) is 10.4. The maximum atomic E-state index is 11.6. The lowest BCUT2D eigenvalue weighted by molar-refractivity contribution is -0.136. The van der Waals surface area contributed by atoms with Crippen LogP contribution in [0.5, 0.6) is 0 Å². The number of aryl methyl sites for hydroxylation is 1. The number of rotatable bonds is 6. The fourth-order valence-corrected chi connectivity index (χ4v) is 5.75. The van der Waals surface area contributed by atoms with Crippen LogP contribution in [0.1, 0.15) is 11.4 Å². The Bertz CT molecular complexity index is 1010. The van der Waals surface area contributed by atoms with Gasteiger partial charge in [0.1, 0.15) is 5.01 Å². The predicted octanol–water partition coefficient (Wildman–Crippen LogP) is 2.72. The molecule has 0 atom stereocenters. The van der Waals surface area contributed by atoms with Gasteiger partial charge in [-0.3, -0.25) is 4.79 Å². The van der Waals surface area contributed by atoms with E-state index in [-0.39, 0.29) is 11.3 Å². The van der Waals surface area contributed by atoms with Gasteiger partial charge in [-0.2, -0.15) is 0 Å². The maximum absolute atomic E-state index is 11.6. The summed E-state index contributed by atoms with van der Waals surface area (Å²) in [5.74, 6) is -0.868. The summed E-state index contributed by atoms with van der Waals surface area (Å²) < 4.78 is 25.4. The molecule has 0 aliphatic heterocycles. The van der Waals surface area contributed by atoms with Crippen molar-refractivity contribution in [3.8, 4) is 0 Å². The highest BCUT2D eigenvalue weighted by Gasteiger charge is 2.13. The van der Waals surface area contributed by atoms with Crippen LogP contribution < -0.4 is 0 Å². The van der Waals surface area contributed by atoms with Gasteiger partial charge in [-0.15, -0.1) is 21.5 Å². The van der Waals surface area contributed by atoms with Crippen LogP contribution >= 0.6 is 34.4 Å². The van der Waals surface area contributed by atoms with E-state index in [9.17, 15) is 13.2 Å². The minimum absolute atomic E-state index is 0.0225. The fourth-order valence-electron chi connectivity index (χ4n) is 1.83. The molecule has 2 aromatic heterocycles. The van der Waals surface area contributed by atoms with Crippen molar-refractivity contribution in [3.63, 3.8) is 0 Å². The standard InChI is InChI=1S/C13H11N3O4S4/c1-24(19,20)7-2-3-8-9(6-7)21-12(14-8)23-13-16-15-10(22-13)4-5-11(17)18/h2-3,6H,4-5H2,1H3,(H,17,18). The third kappa shape index (κ3) is 4.09. The van der Waals surface area contributed by atoms with Crippen molar-refractivity contribution in [2.24, 2.45) is 0 Å². The van der Waals surface area contributed by atoms with Gasteiger partial charge in [-0.1, -0.05) is 11.3 Å². The molecule has 11 heteroatoms. The van der Waals surface area contributed by atoms with Crippen LogP contribution in [0.2, 0.25) is 0 Å². The average molecular weight is 402 g/mol. The van der Waals surface area contributed by atoms with Gasteiger partial charge in [-0.05, 0) is 30.0 Å².